The third-order valence-corrected chi connectivity index (χ3v) is 2.99. The molecule has 0 bridgehead atoms. The van der Waals surface area contributed by atoms with Crippen LogP contribution in [-0.4, -0.2) is 54.3 Å². The van der Waals surface area contributed by atoms with Crippen LogP contribution in [0.25, 0.3) is 0 Å². The molecule has 0 aliphatic carbocycles. The summed E-state index contributed by atoms with van der Waals surface area (Å²) in [5.74, 6) is -0.278. The first-order valence-corrected chi connectivity index (χ1v) is 6.47. The van der Waals surface area contributed by atoms with Gasteiger partial charge in [-0.15, -0.1) is 0 Å². The Morgan fingerprint density at radius 3 is 2.94 bits per heavy atom. The molecule has 18 heavy (non-hydrogen) atoms. The van der Waals surface area contributed by atoms with Crippen LogP contribution in [0.2, 0.25) is 5.15 Å². The summed E-state index contributed by atoms with van der Waals surface area (Å²) in [6.07, 6.45) is 1.52. The number of amides is 1. The van der Waals surface area contributed by atoms with E-state index >= 15 is 0 Å². The molecule has 0 unspecified atom stereocenters. The van der Waals surface area contributed by atoms with E-state index in [9.17, 15) is 4.79 Å². The molecule has 0 aromatic carbocycles. The molecule has 1 aromatic heterocycles. The number of pyridine rings is 1. The summed E-state index contributed by atoms with van der Waals surface area (Å²) in [7, 11) is 1.55. The molecule has 0 atom stereocenters. The first-order chi connectivity index (χ1) is 8.60. The van der Waals surface area contributed by atoms with Crippen molar-refractivity contribution >= 4 is 33.4 Å². The van der Waals surface area contributed by atoms with E-state index in [2.05, 4.69) is 20.9 Å². The van der Waals surface area contributed by atoms with Crippen LogP contribution in [0, 0.1) is 0 Å². The predicted molar refractivity (Wildman–Crippen MR) is 71.8 cm³/mol. The number of rotatable bonds is 6. The fraction of sp³-hybridized carbons (Fsp3) is 0.455. The van der Waals surface area contributed by atoms with Crippen molar-refractivity contribution in [2.45, 2.75) is 0 Å². The summed E-state index contributed by atoms with van der Waals surface area (Å²) in [4.78, 5) is 17.6. The van der Waals surface area contributed by atoms with Gasteiger partial charge in [0.05, 0.1) is 18.8 Å². The molecule has 0 aliphatic rings. The molecular weight excluding hydrogens is 323 g/mol. The molecule has 7 heteroatoms. The number of hydrogen-bond acceptors (Lipinski definition) is 4. The molecule has 0 aliphatic heterocycles. The third kappa shape index (κ3) is 4.20. The largest absolute Gasteiger partial charge is 0.395 e. The molecule has 1 N–H and O–H groups in total. The lowest BCUT2D eigenvalue weighted by atomic mass is 10.2. The Morgan fingerprint density at radius 1 is 1.61 bits per heavy atom. The Kier molecular flexibility index (Phi) is 6.56. The number of hydrogen-bond donors (Lipinski definition) is 1. The van der Waals surface area contributed by atoms with E-state index in [-0.39, 0.29) is 24.2 Å². The van der Waals surface area contributed by atoms with Crippen molar-refractivity contribution in [1.29, 1.82) is 0 Å². The van der Waals surface area contributed by atoms with Gasteiger partial charge in [0.15, 0.2) is 0 Å². The van der Waals surface area contributed by atoms with Gasteiger partial charge >= 0.3 is 0 Å². The maximum absolute atomic E-state index is 12.2. The second-order valence-corrected chi connectivity index (χ2v) is 4.77. The summed E-state index contributed by atoms with van der Waals surface area (Å²) >= 11 is 9.14. The topological polar surface area (TPSA) is 62.7 Å². The van der Waals surface area contributed by atoms with E-state index in [0.29, 0.717) is 23.2 Å². The monoisotopic (exact) mass is 336 g/mol. The molecule has 0 radical (unpaired) electrons. The molecular formula is C11H14BrClN2O3. The Morgan fingerprint density at radius 2 is 2.33 bits per heavy atom. The number of halogens is 2. The first-order valence-electron chi connectivity index (χ1n) is 5.30. The zero-order valence-electron chi connectivity index (χ0n) is 9.90. The van der Waals surface area contributed by atoms with E-state index in [1.54, 1.807) is 13.2 Å². The lowest BCUT2D eigenvalue weighted by Gasteiger charge is -2.21. The highest BCUT2D eigenvalue weighted by Gasteiger charge is 2.19. The van der Waals surface area contributed by atoms with Crippen molar-refractivity contribution in [2.75, 3.05) is 33.4 Å². The van der Waals surface area contributed by atoms with Crippen LogP contribution in [0.15, 0.2) is 16.7 Å². The van der Waals surface area contributed by atoms with Gasteiger partial charge in [0.25, 0.3) is 5.91 Å². The Bertz CT molecular complexity index is 417. The van der Waals surface area contributed by atoms with Gasteiger partial charge < -0.3 is 14.7 Å². The van der Waals surface area contributed by atoms with E-state index in [4.69, 9.17) is 21.4 Å². The number of ether oxygens (including phenoxy) is 1. The number of methoxy groups -OCH3 is 1. The van der Waals surface area contributed by atoms with Crippen LogP contribution in [0.5, 0.6) is 0 Å². The Labute approximate surface area is 119 Å². The van der Waals surface area contributed by atoms with Crippen molar-refractivity contribution in [1.82, 2.24) is 9.88 Å². The fourth-order valence-electron chi connectivity index (χ4n) is 1.38. The molecule has 0 fully saturated rings. The third-order valence-electron chi connectivity index (χ3n) is 2.26. The van der Waals surface area contributed by atoms with E-state index in [1.165, 1.54) is 11.1 Å². The lowest BCUT2D eigenvalue weighted by molar-refractivity contribution is 0.0656. The molecule has 100 valence electrons. The van der Waals surface area contributed by atoms with Gasteiger partial charge in [-0.25, -0.2) is 4.98 Å². The number of aromatic nitrogens is 1. The minimum atomic E-state index is -0.278. The normalized spacial score (nSPS) is 10.4. The predicted octanol–water partition coefficient (Wildman–Crippen LogP) is 1.58. The number of aliphatic hydroxyl groups excluding tert-OH is 1. The average Bonchev–Trinajstić information content (AvgIpc) is 2.36. The minimum Gasteiger partial charge on any atom is -0.395 e. The summed E-state index contributed by atoms with van der Waals surface area (Å²) < 4.78 is 5.60. The highest BCUT2D eigenvalue weighted by molar-refractivity contribution is 9.10. The summed E-state index contributed by atoms with van der Waals surface area (Å²) in [6, 6.07) is 1.61. The van der Waals surface area contributed by atoms with Gasteiger partial charge in [-0.3, -0.25) is 4.79 Å². The zero-order chi connectivity index (χ0) is 13.5. The van der Waals surface area contributed by atoms with Crippen LogP contribution < -0.4 is 0 Å². The molecule has 0 spiro atoms. The van der Waals surface area contributed by atoms with Crippen molar-refractivity contribution < 1.29 is 14.6 Å². The Hall–Kier alpha value is -0.690. The average molecular weight is 338 g/mol. The van der Waals surface area contributed by atoms with Gasteiger partial charge in [-0.05, 0) is 22.0 Å². The van der Waals surface area contributed by atoms with E-state index in [1.807, 2.05) is 0 Å². The molecule has 0 saturated heterocycles. The number of aliphatic hydroxyl groups is 1. The summed E-state index contributed by atoms with van der Waals surface area (Å²) in [6.45, 7) is 0.892. The second kappa shape index (κ2) is 7.68. The molecule has 1 rings (SSSR count). The molecule has 0 saturated carbocycles. The summed E-state index contributed by atoms with van der Waals surface area (Å²) in [5, 5.41) is 9.11. The maximum atomic E-state index is 12.2. The van der Waals surface area contributed by atoms with E-state index < -0.39 is 0 Å². The van der Waals surface area contributed by atoms with Crippen LogP contribution in [-0.2, 0) is 4.74 Å². The van der Waals surface area contributed by atoms with E-state index in [0.717, 1.165) is 0 Å². The van der Waals surface area contributed by atoms with Gasteiger partial charge in [0.2, 0.25) is 0 Å². The molecule has 1 aromatic rings. The van der Waals surface area contributed by atoms with Crippen molar-refractivity contribution in [3.05, 3.63) is 27.5 Å². The minimum absolute atomic E-state index is 0.117. The Balaban J connectivity index is 2.90. The van der Waals surface area contributed by atoms with Crippen LogP contribution >= 0.6 is 27.5 Å². The second-order valence-electron chi connectivity index (χ2n) is 3.50. The standard InChI is InChI=1S/C11H14BrClN2O3/c1-18-5-3-15(2-4-16)11(17)9-6-8(12)7-14-10(9)13/h6-7,16H,2-5H2,1H3. The summed E-state index contributed by atoms with van der Waals surface area (Å²) in [5.41, 5.74) is 0.301. The lowest BCUT2D eigenvalue weighted by Crippen LogP contribution is -2.36. The SMILES string of the molecule is COCCN(CCO)C(=O)c1cc(Br)cnc1Cl. The molecule has 5 nitrogen and oxygen atoms in total. The van der Waals surface area contributed by atoms with Crippen molar-refractivity contribution in [3.63, 3.8) is 0 Å². The molecule has 1 heterocycles. The van der Waals surface area contributed by atoms with Crippen LogP contribution in [0.1, 0.15) is 10.4 Å². The fourth-order valence-corrected chi connectivity index (χ4v) is 1.90. The van der Waals surface area contributed by atoms with Gasteiger partial charge in [-0.2, -0.15) is 0 Å². The quantitative estimate of drug-likeness (QED) is 0.801. The number of carbonyl (C=O) groups is 1. The molecule has 1 amide bonds. The van der Waals surface area contributed by atoms with Crippen LogP contribution in [0.3, 0.4) is 0 Å². The van der Waals surface area contributed by atoms with Gasteiger partial charge in [-0.1, -0.05) is 11.6 Å². The van der Waals surface area contributed by atoms with Gasteiger partial charge in [0.1, 0.15) is 5.15 Å². The van der Waals surface area contributed by atoms with Crippen LogP contribution in [0.4, 0.5) is 0 Å². The first kappa shape index (κ1) is 15.4. The maximum Gasteiger partial charge on any atom is 0.257 e. The highest BCUT2D eigenvalue weighted by Crippen LogP contribution is 2.19. The zero-order valence-corrected chi connectivity index (χ0v) is 12.2. The van der Waals surface area contributed by atoms with Crippen molar-refractivity contribution in [2.24, 2.45) is 0 Å². The smallest absolute Gasteiger partial charge is 0.257 e. The highest BCUT2D eigenvalue weighted by atomic mass is 79.9. The number of carbonyl (C=O) groups excluding carboxylic acids is 1. The van der Waals surface area contributed by atoms with Gasteiger partial charge in [0, 0.05) is 30.9 Å². The number of nitrogens with zero attached hydrogens (tertiary/aromatic N) is 2. The van der Waals surface area contributed by atoms with Crippen molar-refractivity contribution in [3.8, 4) is 0 Å².